The van der Waals surface area contributed by atoms with Crippen molar-refractivity contribution >= 4 is 0 Å². The Hall–Kier alpha value is -2.31. The van der Waals surface area contributed by atoms with E-state index >= 15 is 0 Å². The second-order valence-corrected chi connectivity index (χ2v) is 8.56. The Bertz CT molecular complexity index is 879. The highest BCUT2D eigenvalue weighted by atomic mass is 14.9. The summed E-state index contributed by atoms with van der Waals surface area (Å²) in [5, 5.41) is 29.4. The lowest BCUT2D eigenvalue weighted by atomic mass is 9.67. The van der Waals surface area contributed by atoms with Gasteiger partial charge < -0.3 is 0 Å². The highest BCUT2D eigenvalue weighted by Crippen LogP contribution is 2.95. The average molecular weight is 299 g/mol. The first-order valence-corrected chi connectivity index (χ1v) is 8.28. The van der Waals surface area contributed by atoms with E-state index in [0.717, 1.165) is 0 Å². The number of hydrogen-bond acceptors (Lipinski definition) is 3. The van der Waals surface area contributed by atoms with E-state index in [9.17, 15) is 15.8 Å². The molecule has 1 aromatic carbocycles. The fourth-order valence-corrected chi connectivity index (χ4v) is 7.23. The Morgan fingerprint density at radius 3 is 2.39 bits per heavy atom. The van der Waals surface area contributed by atoms with Crippen molar-refractivity contribution in [2.75, 3.05) is 0 Å². The van der Waals surface area contributed by atoms with E-state index in [-0.39, 0.29) is 16.7 Å². The maximum atomic E-state index is 10.1. The minimum absolute atomic E-state index is 0.0348. The summed E-state index contributed by atoms with van der Waals surface area (Å²) < 4.78 is 0. The van der Waals surface area contributed by atoms with Gasteiger partial charge in [-0.25, -0.2) is 0 Å². The van der Waals surface area contributed by atoms with E-state index in [1.165, 1.54) is 11.1 Å². The van der Waals surface area contributed by atoms with Crippen LogP contribution in [-0.4, -0.2) is 0 Å². The van der Waals surface area contributed by atoms with Gasteiger partial charge in [0.25, 0.3) is 0 Å². The standard InChI is InChI=1S/C20H17N3/c1-17(2)14-7-18(9-21,10-22)8-19(14)16-15(17)12-5-3-4-6-13(12)20(16,19)11-23/h3-6,14-16H,7-8H2,1-2H3/t14-,15-,16-,19?,20+/m0/s1. The summed E-state index contributed by atoms with van der Waals surface area (Å²) in [6.07, 6.45) is 1.20. The van der Waals surface area contributed by atoms with Crippen LogP contribution in [0.1, 0.15) is 43.7 Å². The van der Waals surface area contributed by atoms with Crippen LogP contribution in [0.4, 0.5) is 0 Å². The van der Waals surface area contributed by atoms with Gasteiger partial charge in [-0.1, -0.05) is 38.1 Å². The molecule has 1 aromatic rings. The minimum atomic E-state index is -0.907. The lowest BCUT2D eigenvalue weighted by Gasteiger charge is -2.36. The van der Waals surface area contributed by atoms with Gasteiger partial charge in [-0.05, 0) is 47.1 Å². The van der Waals surface area contributed by atoms with E-state index in [1.807, 2.05) is 6.07 Å². The van der Waals surface area contributed by atoms with Gasteiger partial charge in [0.05, 0.1) is 23.6 Å². The van der Waals surface area contributed by atoms with Gasteiger partial charge in [0.15, 0.2) is 0 Å². The van der Waals surface area contributed by atoms with E-state index in [4.69, 9.17) is 0 Å². The molecule has 4 aliphatic carbocycles. The first-order chi connectivity index (χ1) is 10.9. The second kappa shape index (κ2) is 3.29. The minimum Gasteiger partial charge on any atom is -0.197 e. The van der Waals surface area contributed by atoms with Crippen LogP contribution in [-0.2, 0) is 5.41 Å². The zero-order chi connectivity index (χ0) is 16.3. The maximum absolute atomic E-state index is 10.1. The van der Waals surface area contributed by atoms with Gasteiger partial charge >= 0.3 is 0 Å². The number of nitriles is 3. The molecule has 5 atom stereocenters. The van der Waals surface area contributed by atoms with Crippen molar-refractivity contribution in [3.63, 3.8) is 0 Å². The van der Waals surface area contributed by atoms with Gasteiger partial charge in [-0.15, -0.1) is 0 Å². The fourth-order valence-electron chi connectivity index (χ4n) is 7.23. The lowest BCUT2D eigenvalue weighted by Crippen LogP contribution is -2.31. The molecule has 0 amide bonds. The average Bonchev–Trinajstić information content (AvgIpc) is 2.83. The Labute approximate surface area is 136 Å². The third kappa shape index (κ3) is 0.970. The molecule has 23 heavy (non-hydrogen) atoms. The van der Waals surface area contributed by atoms with Crippen LogP contribution in [0, 0.1) is 62.1 Å². The highest BCUT2D eigenvalue weighted by Gasteiger charge is 2.94. The molecular weight excluding hydrogens is 282 g/mol. The molecular formula is C20H17N3. The largest absolute Gasteiger partial charge is 0.197 e. The molecule has 0 bridgehead atoms. The Kier molecular flexibility index (Phi) is 1.88. The van der Waals surface area contributed by atoms with Crippen LogP contribution in [0.2, 0.25) is 0 Å². The quantitative estimate of drug-likeness (QED) is 0.734. The molecule has 0 aliphatic heterocycles. The van der Waals surface area contributed by atoms with Crippen LogP contribution in [0.3, 0.4) is 0 Å². The molecule has 0 saturated heterocycles. The van der Waals surface area contributed by atoms with Crippen molar-refractivity contribution in [2.45, 2.75) is 38.0 Å². The molecule has 1 spiro atoms. The van der Waals surface area contributed by atoms with Crippen molar-refractivity contribution in [1.29, 1.82) is 15.8 Å². The summed E-state index contributed by atoms with van der Waals surface area (Å²) in [6, 6.07) is 15.7. The molecule has 0 aromatic heterocycles. The molecule has 112 valence electrons. The molecule has 5 rings (SSSR count). The number of nitrogens with zero attached hydrogens (tertiary/aromatic N) is 3. The van der Waals surface area contributed by atoms with E-state index < -0.39 is 10.8 Å². The summed E-state index contributed by atoms with van der Waals surface area (Å²) in [7, 11) is 0. The monoisotopic (exact) mass is 299 g/mol. The summed E-state index contributed by atoms with van der Waals surface area (Å²) >= 11 is 0. The van der Waals surface area contributed by atoms with Crippen molar-refractivity contribution in [3.8, 4) is 18.2 Å². The number of hydrogen-bond donors (Lipinski definition) is 0. The summed E-state index contributed by atoms with van der Waals surface area (Å²) in [6.45, 7) is 4.57. The van der Waals surface area contributed by atoms with Gasteiger partial charge in [0, 0.05) is 5.41 Å². The van der Waals surface area contributed by atoms with E-state index in [0.29, 0.717) is 24.7 Å². The predicted molar refractivity (Wildman–Crippen MR) is 82.6 cm³/mol. The maximum Gasteiger partial charge on any atom is 0.144 e. The van der Waals surface area contributed by atoms with Crippen LogP contribution < -0.4 is 0 Å². The molecule has 3 nitrogen and oxygen atoms in total. The first-order valence-electron chi connectivity index (χ1n) is 8.28. The Morgan fingerprint density at radius 2 is 1.74 bits per heavy atom. The van der Waals surface area contributed by atoms with Crippen molar-refractivity contribution in [2.24, 2.45) is 28.1 Å². The number of fused-ring (bicyclic) bond motifs is 3. The van der Waals surface area contributed by atoms with Crippen molar-refractivity contribution in [3.05, 3.63) is 35.4 Å². The van der Waals surface area contributed by atoms with Crippen molar-refractivity contribution < 1.29 is 0 Å². The van der Waals surface area contributed by atoms with Crippen LogP contribution >= 0.6 is 0 Å². The Morgan fingerprint density at radius 1 is 1.04 bits per heavy atom. The molecule has 3 fully saturated rings. The molecule has 0 radical (unpaired) electrons. The molecule has 1 unspecified atom stereocenters. The SMILES string of the molecule is CC1(C)[C@H]2c3ccccc3[C@]3(C#N)[C@@H]2C32CC(C#N)(C#N)C[C@@H]12. The summed E-state index contributed by atoms with van der Waals surface area (Å²) in [4.78, 5) is 0. The smallest absolute Gasteiger partial charge is 0.144 e. The lowest BCUT2D eigenvalue weighted by molar-refractivity contribution is 0.161. The third-order valence-corrected chi connectivity index (χ3v) is 7.80. The summed E-state index contributed by atoms with van der Waals surface area (Å²) in [5.74, 6) is 0.955. The number of rotatable bonds is 0. The number of benzene rings is 1. The molecule has 3 saturated carbocycles. The van der Waals surface area contributed by atoms with E-state index in [1.54, 1.807) is 0 Å². The molecule has 4 aliphatic rings. The van der Waals surface area contributed by atoms with Crippen LogP contribution in [0.25, 0.3) is 0 Å². The van der Waals surface area contributed by atoms with Gasteiger partial charge in [-0.2, -0.15) is 15.8 Å². The van der Waals surface area contributed by atoms with Gasteiger partial charge in [0.1, 0.15) is 5.41 Å². The molecule has 3 heteroatoms. The fraction of sp³-hybridized carbons (Fsp3) is 0.550. The first kappa shape index (κ1) is 13.2. The van der Waals surface area contributed by atoms with E-state index in [2.05, 4.69) is 50.3 Å². The second-order valence-electron chi connectivity index (χ2n) is 8.56. The predicted octanol–water partition coefficient (Wildman–Crippen LogP) is 3.64. The zero-order valence-corrected chi connectivity index (χ0v) is 13.3. The van der Waals surface area contributed by atoms with Crippen LogP contribution in [0.15, 0.2) is 24.3 Å². The normalized spacial score (nSPS) is 45.1. The summed E-state index contributed by atoms with van der Waals surface area (Å²) in [5.41, 5.74) is 1.03. The highest BCUT2D eigenvalue weighted by molar-refractivity contribution is 5.66. The molecule has 0 heterocycles. The van der Waals surface area contributed by atoms with Crippen LogP contribution in [0.5, 0.6) is 0 Å². The van der Waals surface area contributed by atoms with Crippen molar-refractivity contribution in [1.82, 2.24) is 0 Å². The Balaban J connectivity index is 1.81. The topological polar surface area (TPSA) is 71.4 Å². The zero-order valence-electron chi connectivity index (χ0n) is 13.3. The third-order valence-electron chi connectivity index (χ3n) is 7.80. The van der Waals surface area contributed by atoms with Gasteiger partial charge in [0.2, 0.25) is 0 Å². The van der Waals surface area contributed by atoms with Gasteiger partial charge in [-0.3, -0.25) is 0 Å². The molecule has 0 N–H and O–H groups in total.